The van der Waals surface area contributed by atoms with Crippen molar-refractivity contribution in [2.24, 2.45) is 5.73 Å². The zero-order valence-electron chi connectivity index (χ0n) is 14.9. The van der Waals surface area contributed by atoms with E-state index in [0.717, 1.165) is 12.0 Å². The van der Waals surface area contributed by atoms with Crippen molar-refractivity contribution in [3.8, 4) is 17.4 Å². The maximum atomic E-state index is 12.3. The Morgan fingerprint density at radius 3 is 2.76 bits per heavy atom. The van der Waals surface area contributed by atoms with E-state index in [4.69, 9.17) is 15.2 Å². The SMILES string of the molecule is CCCC(C)(N)C(=O)NCc1cccnc1Oc1cccc(OC)c1. The molecule has 3 N–H and O–H groups in total. The van der Waals surface area contributed by atoms with Crippen molar-refractivity contribution in [1.82, 2.24) is 10.3 Å². The molecule has 2 rings (SSSR count). The maximum Gasteiger partial charge on any atom is 0.240 e. The van der Waals surface area contributed by atoms with E-state index in [2.05, 4.69) is 10.3 Å². The fourth-order valence-corrected chi connectivity index (χ4v) is 2.44. The highest BCUT2D eigenvalue weighted by Crippen LogP contribution is 2.26. The van der Waals surface area contributed by atoms with Gasteiger partial charge in [-0.05, 0) is 31.5 Å². The number of hydrogen-bond donors (Lipinski definition) is 2. The van der Waals surface area contributed by atoms with E-state index < -0.39 is 5.54 Å². The summed E-state index contributed by atoms with van der Waals surface area (Å²) in [7, 11) is 1.60. The van der Waals surface area contributed by atoms with Crippen LogP contribution in [0.4, 0.5) is 0 Å². The second kappa shape index (κ2) is 8.48. The molecule has 0 saturated heterocycles. The molecule has 25 heavy (non-hydrogen) atoms. The molecule has 1 atom stereocenters. The molecule has 1 aromatic heterocycles. The highest BCUT2D eigenvalue weighted by atomic mass is 16.5. The lowest BCUT2D eigenvalue weighted by Gasteiger charge is -2.23. The van der Waals surface area contributed by atoms with Crippen molar-refractivity contribution in [2.45, 2.75) is 38.8 Å². The number of methoxy groups -OCH3 is 1. The molecule has 0 radical (unpaired) electrons. The fraction of sp³-hybridized carbons (Fsp3) is 0.368. The maximum absolute atomic E-state index is 12.3. The normalized spacial score (nSPS) is 13.0. The first-order valence-electron chi connectivity index (χ1n) is 8.29. The van der Waals surface area contributed by atoms with Gasteiger partial charge in [0.1, 0.15) is 11.5 Å². The molecule has 1 heterocycles. The number of carbonyl (C=O) groups is 1. The van der Waals surface area contributed by atoms with E-state index in [-0.39, 0.29) is 5.91 Å². The highest BCUT2D eigenvalue weighted by molar-refractivity contribution is 5.85. The number of pyridine rings is 1. The first kappa shape index (κ1) is 18.7. The molecule has 0 spiro atoms. The van der Waals surface area contributed by atoms with Crippen molar-refractivity contribution in [2.75, 3.05) is 7.11 Å². The van der Waals surface area contributed by atoms with Gasteiger partial charge in [0.15, 0.2) is 0 Å². The number of amides is 1. The summed E-state index contributed by atoms with van der Waals surface area (Å²) in [6.07, 6.45) is 3.11. The summed E-state index contributed by atoms with van der Waals surface area (Å²) in [4.78, 5) is 16.5. The molecule has 2 aromatic rings. The van der Waals surface area contributed by atoms with E-state index >= 15 is 0 Å². The van der Waals surface area contributed by atoms with Crippen LogP contribution in [0, 0.1) is 0 Å². The molecule has 0 aliphatic rings. The predicted molar refractivity (Wildman–Crippen MR) is 96.7 cm³/mol. The quantitative estimate of drug-likeness (QED) is 0.769. The molecule has 134 valence electrons. The van der Waals surface area contributed by atoms with Crippen LogP contribution in [0.15, 0.2) is 42.6 Å². The Kier molecular flexibility index (Phi) is 6.36. The standard InChI is InChI=1S/C19H25N3O3/c1-4-10-19(2,20)18(23)22-13-14-7-6-11-21-17(14)25-16-9-5-8-15(12-16)24-3/h5-9,11-12H,4,10,13,20H2,1-3H3,(H,22,23). The molecule has 1 amide bonds. The van der Waals surface area contributed by atoms with Crippen molar-refractivity contribution < 1.29 is 14.3 Å². The van der Waals surface area contributed by atoms with Crippen LogP contribution in [0.5, 0.6) is 17.4 Å². The predicted octanol–water partition coefficient (Wildman–Crippen LogP) is 3.02. The summed E-state index contributed by atoms with van der Waals surface area (Å²) in [5.41, 5.74) is 5.94. The summed E-state index contributed by atoms with van der Waals surface area (Å²) < 4.78 is 11.0. The number of hydrogen-bond acceptors (Lipinski definition) is 5. The van der Waals surface area contributed by atoms with Crippen molar-refractivity contribution >= 4 is 5.91 Å². The van der Waals surface area contributed by atoms with Crippen LogP contribution in [-0.4, -0.2) is 23.5 Å². The van der Waals surface area contributed by atoms with Gasteiger partial charge in [0.25, 0.3) is 0 Å². The Balaban J connectivity index is 2.09. The molecule has 1 unspecified atom stereocenters. The van der Waals surface area contributed by atoms with Gasteiger partial charge in [-0.3, -0.25) is 4.79 Å². The Bertz CT molecular complexity index is 717. The number of benzene rings is 1. The number of ether oxygens (including phenoxy) is 2. The summed E-state index contributed by atoms with van der Waals surface area (Å²) in [6.45, 7) is 4.03. The van der Waals surface area contributed by atoms with Crippen LogP contribution in [0.1, 0.15) is 32.3 Å². The summed E-state index contributed by atoms with van der Waals surface area (Å²) in [5.74, 6) is 1.55. The van der Waals surface area contributed by atoms with Gasteiger partial charge in [-0.25, -0.2) is 4.98 Å². The van der Waals surface area contributed by atoms with Gasteiger partial charge in [0.05, 0.1) is 12.6 Å². The first-order valence-corrected chi connectivity index (χ1v) is 8.29. The van der Waals surface area contributed by atoms with Crippen LogP contribution in [-0.2, 0) is 11.3 Å². The minimum absolute atomic E-state index is 0.189. The molecule has 6 heteroatoms. The molecular formula is C19H25N3O3. The lowest BCUT2D eigenvalue weighted by molar-refractivity contribution is -0.126. The van der Waals surface area contributed by atoms with Gasteiger partial charge >= 0.3 is 0 Å². The number of rotatable bonds is 8. The van der Waals surface area contributed by atoms with Crippen LogP contribution >= 0.6 is 0 Å². The Morgan fingerprint density at radius 2 is 2.04 bits per heavy atom. The fourth-order valence-electron chi connectivity index (χ4n) is 2.44. The average Bonchev–Trinajstić information content (AvgIpc) is 2.60. The van der Waals surface area contributed by atoms with Gasteiger partial charge in [0, 0.05) is 24.4 Å². The van der Waals surface area contributed by atoms with Gasteiger partial charge in [0.2, 0.25) is 11.8 Å². The van der Waals surface area contributed by atoms with Crippen LogP contribution in [0.25, 0.3) is 0 Å². The Hall–Kier alpha value is -2.60. The van der Waals surface area contributed by atoms with E-state index in [1.165, 1.54) is 0 Å². The smallest absolute Gasteiger partial charge is 0.240 e. The Labute approximate surface area is 148 Å². The molecule has 6 nitrogen and oxygen atoms in total. The monoisotopic (exact) mass is 343 g/mol. The lowest BCUT2D eigenvalue weighted by atomic mass is 9.96. The molecular weight excluding hydrogens is 318 g/mol. The molecule has 1 aromatic carbocycles. The van der Waals surface area contributed by atoms with E-state index in [1.54, 1.807) is 32.4 Å². The third-order valence-electron chi connectivity index (χ3n) is 3.83. The zero-order valence-corrected chi connectivity index (χ0v) is 14.9. The molecule has 0 aliphatic heterocycles. The minimum Gasteiger partial charge on any atom is -0.497 e. The van der Waals surface area contributed by atoms with E-state index in [9.17, 15) is 4.79 Å². The second-order valence-electron chi connectivity index (χ2n) is 6.10. The van der Waals surface area contributed by atoms with Gasteiger partial charge in [-0.2, -0.15) is 0 Å². The molecule has 0 fully saturated rings. The number of nitrogens with one attached hydrogen (secondary N) is 1. The van der Waals surface area contributed by atoms with E-state index in [0.29, 0.717) is 30.3 Å². The topological polar surface area (TPSA) is 86.5 Å². The van der Waals surface area contributed by atoms with Crippen LogP contribution in [0.3, 0.4) is 0 Å². The third kappa shape index (κ3) is 5.19. The number of nitrogens with zero attached hydrogens (tertiary/aromatic N) is 1. The molecule has 0 bridgehead atoms. The first-order chi connectivity index (χ1) is 12.0. The minimum atomic E-state index is -0.884. The summed E-state index contributed by atoms with van der Waals surface area (Å²) >= 11 is 0. The van der Waals surface area contributed by atoms with Crippen molar-refractivity contribution in [3.05, 3.63) is 48.2 Å². The number of carbonyl (C=O) groups excluding carboxylic acids is 1. The van der Waals surface area contributed by atoms with Crippen molar-refractivity contribution in [1.29, 1.82) is 0 Å². The average molecular weight is 343 g/mol. The highest BCUT2D eigenvalue weighted by Gasteiger charge is 2.26. The van der Waals surface area contributed by atoms with Gasteiger partial charge < -0.3 is 20.5 Å². The second-order valence-corrected chi connectivity index (χ2v) is 6.10. The van der Waals surface area contributed by atoms with E-state index in [1.807, 2.05) is 31.2 Å². The number of nitrogens with two attached hydrogens (primary N) is 1. The Morgan fingerprint density at radius 1 is 1.28 bits per heavy atom. The van der Waals surface area contributed by atoms with Crippen LogP contribution in [0.2, 0.25) is 0 Å². The largest absolute Gasteiger partial charge is 0.497 e. The zero-order chi connectivity index (χ0) is 18.3. The number of aromatic nitrogens is 1. The van der Waals surface area contributed by atoms with Crippen LogP contribution < -0.4 is 20.5 Å². The van der Waals surface area contributed by atoms with Gasteiger partial charge in [-0.1, -0.05) is 25.5 Å². The van der Waals surface area contributed by atoms with Gasteiger partial charge in [-0.15, -0.1) is 0 Å². The lowest BCUT2D eigenvalue weighted by Crippen LogP contribution is -2.51. The molecule has 0 aliphatic carbocycles. The third-order valence-corrected chi connectivity index (χ3v) is 3.83. The molecule has 0 saturated carbocycles. The summed E-state index contributed by atoms with van der Waals surface area (Å²) in [6, 6.07) is 10.9. The van der Waals surface area contributed by atoms with Crippen molar-refractivity contribution in [3.63, 3.8) is 0 Å². The summed E-state index contributed by atoms with van der Waals surface area (Å²) in [5, 5.41) is 2.86.